The zero-order valence-corrected chi connectivity index (χ0v) is 11.0. The zero-order chi connectivity index (χ0) is 13.1. The molecule has 0 radical (unpaired) electrons. The number of hydrogen-bond donors (Lipinski definition) is 1. The first kappa shape index (κ1) is 13.7. The molecule has 92 valence electrons. The third-order valence-corrected chi connectivity index (χ3v) is 4.26. The Morgan fingerprint density at radius 3 is 2.29 bits per heavy atom. The van der Waals surface area contributed by atoms with E-state index >= 15 is 0 Å². The fourth-order valence-electron chi connectivity index (χ4n) is 1.25. The second-order valence-electron chi connectivity index (χ2n) is 4.22. The molecule has 0 spiro atoms. The molecule has 0 saturated carbocycles. The monoisotopic (exact) mass is 252 g/mol. The molecule has 0 heterocycles. The molecule has 0 aliphatic heterocycles. The van der Waals surface area contributed by atoms with Crippen LogP contribution in [0.4, 0.5) is 0 Å². The maximum Gasteiger partial charge on any atom is 0.241 e. The Labute approximate surface area is 102 Å². The van der Waals surface area contributed by atoms with Gasteiger partial charge in [-0.15, -0.1) is 0 Å². The summed E-state index contributed by atoms with van der Waals surface area (Å²) in [7, 11) is -3.63. The van der Waals surface area contributed by atoms with Gasteiger partial charge < -0.3 is 0 Å². The molecule has 5 heteroatoms. The van der Waals surface area contributed by atoms with Crippen LogP contribution in [0.5, 0.6) is 0 Å². The van der Waals surface area contributed by atoms with Crippen LogP contribution < -0.4 is 4.72 Å². The van der Waals surface area contributed by atoms with E-state index in [1.807, 2.05) is 13.0 Å². The Balaban J connectivity index is 3.06. The predicted octanol–water partition coefficient (Wildman–Crippen LogP) is 1.97. The topological polar surface area (TPSA) is 70.0 Å². The van der Waals surface area contributed by atoms with Crippen molar-refractivity contribution in [2.24, 2.45) is 0 Å². The molecular formula is C12H16N2O2S. The van der Waals surface area contributed by atoms with Crippen LogP contribution in [0.15, 0.2) is 29.2 Å². The summed E-state index contributed by atoms with van der Waals surface area (Å²) < 4.78 is 26.4. The molecule has 0 aliphatic rings. The molecule has 0 fully saturated rings. The van der Waals surface area contributed by atoms with Crippen LogP contribution in [0.2, 0.25) is 0 Å². The fourth-order valence-corrected chi connectivity index (χ4v) is 2.64. The maximum atomic E-state index is 12.0. The molecule has 17 heavy (non-hydrogen) atoms. The Morgan fingerprint density at radius 1 is 1.35 bits per heavy atom. The molecule has 1 rings (SSSR count). The second kappa shape index (κ2) is 4.86. The molecule has 0 bridgehead atoms. The van der Waals surface area contributed by atoms with Crippen LogP contribution >= 0.6 is 0 Å². The average Bonchev–Trinajstić information content (AvgIpc) is 2.29. The Hall–Kier alpha value is -1.38. The van der Waals surface area contributed by atoms with E-state index in [4.69, 9.17) is 5.26 Å². The van der Waals surface area contributed by atoms with E-state index in [0.717, 1.165) is 5.56 Å². The van der Waals surface area contributed by atoms with Crippen molar-refractivity contribution in [3.05, 3.63) is 29.8 Å². The number of hydrogen-bond acceptors (Lipinski definition) is 3. The standard InChI is InChI=1S/C12H16N2O2S/c1-4-12(3,9-13)14-17(15,16)11-7-5-10(2)6-8-11/h5-8,14H,4H2,1-3H3/t12-/m1/s1. The van der Waals surface area contributed by atoms with Crippen LogP contribution in [0.25, 0.3) is 0 Å². The molecule has 0 aromatic heterocycles. The number of nitrogens with zero attached hydrogens (tertiary/aromatic N) is 1. The highest BCUT2D eigenvalue weighted by atomic mass is 32.2. The van der Waals surface area contributed by atoms with E-state index in [1.54, 1.807) is 26.0 Å². The van der Waals surface area contributed by atoms with Crippen molar-refractivity contribution < 1.29 is 8.42 Å². The number of sulfonamides is 1. The smallest absolute Gasteiger partial charge is 0.207 e. The SMILES string of the molecule is CC[C@](C)(C#N)NS(=O)(=O)c1ccc(C)cc1. The lowest BCUT2D eigenvalue weighted by Crippen LogP contribution is -2.44. The summed E-state index contributed by atoms with van der Waals surface area (Å²) in [4.78, 5) is 0.179. The molecule has 1 N–H and O–H groups in total. The first-order chi connectivity index (χ1) is 7.83. The van der Waals surface area contributed by atoms with Crippen molar-refractivity contribution in [1.29, 1.82) is 5.26 Å². The highest BCUT2D eigenvalue weighted by Gasteiger charge is 2.28. The Kier molecular flexibility index (Phi) is 3.91. The van der Waals surface area contributed by atoms with Gasteiger partial charge in [0.25, 0.3) is 0 Å². The largest absolute Gasteiger partial charge is 0.241 e. The third-order valence-electron chi connectivity index (χ3n) is 2.64. The van der Waals surface area contributed by atoms with Gasteiger partial charge in [-0.2, -0.15) is 9.98 Å². The quantitative estimate of drug-likeness (QED) is 0.890. The summed E-state index contributed by atoms with van der Waals surface area (Å²) in [6.45, 7) is 5.22. The maximum absolute atomic E-state index is 12.0. The summed E-state index contributed by atoms with van der Waals surface area (Å²) in [5.41, 5.74) is -0.0773. The molecule has 1 atom stereocenters. The minimum Gasteiger partial charge on any atom is -0.207 e. The number of aryl methyl sites for hydroxylation is 1. The first-order valence-corrected chi connectivity index (χ1v) is 6.83. The summed E-state index contributed by atoms with van der Waals surface area (Å²) in [6, 6.07) is 8.49. The van der Waals surface area contributed by atoms with Crippen LogP contribution in [0.1, 0.15) is 25.8 Å². The first-order valence-electron chi connectivity index (χ1n) is 5.35. The van der Waals surface area contributed by atoms with Gasteiger partial charge in [0.15, 0.2) is 0 Å². The minimum absolute atomic E-state index is 0.179. The molecule has 0 saturated heterocycles. The molecule has 0 aliphatic carbocycles. The van der Waals surface area contributed by atoms with Crippen molar-refractivity contribution in [3.8, 4) is 6.07 Å². The summed E-state index contributed by atoms with van der Waals surface area (Å²) >= 11 is 0. The van der Waals surface area contributed by atoms with E-state index in [9.17, 15) is 8.42 Å². The summed E-state index contributed by atoms with van der Waals surface area (Å²) in [6.07, 6.45) is 0.411. The molecule has 1 aromatic rings. The second-order valence-corrected chi connectivity index (χ2v) is 5.90. The number of benzene rings is 1. The predicted molar refractivity (Wildman–Crippen MR) is 65.8 cm³/mol. The van der Waals surface area contributed by atoms with Gasteiger partial charge in [-0.05, 0) is 32.4 Å². The lowest BCUT2D eigenvalue weighted by Gasteiger charge is -2.21. The van der Waals surface area contributed by atoms with E-state index < -0.39 is 15.6 Å². The molecule has 1 aromatic carbocycles. The molecular weight excluding hydrogens is 236 g/mol. The highest BCUT2D eigenvalue weighted by molar-refractivity contribution is 7.89. The normalized spacial score (nSPS) is 14.9. The van der Waals surface area contributed by atoms with Gasteiger partial charge in [0.05, 0.1) is 11.0 Å². The molecule has 4 nitrogen and oxygen atoms in total. The van der Waals surface area contributed by atoms with Gasteiger partial charge in [-0.3, -0.25) is 0 Å². The average molecular weight is 252 g/mol. The van der Waals surface area contributed by atoms with Gasteiger partial charge in [0.1, 0.15) is 5.54 Å². The van der Waals surface area contributed by atoms with Crippen molar-refractivity contribution >= 4 is 10.0 Å². The fraction of sp³-hybridized carbons (Fsp3) is 0.417. The number of nitrogens with one attached hydrogen (secondary N) is 1. The van der Waals surface area contributed by atoms with Gasteiger partial charge in [-0.25, -0.2) is 8.42 Å². The highest BCUT2D eigenvalue weighted by Crippen LogP contribution is 2.15. The van der Waals surface area contributed by atoms with E-state index in [1.165, 1.54) is 12.1 Å². The van der Waals surface area contributed by atoms with Crippen LogP contribution in [0, 0.1) is 18.3 Å². The zero-order valence-electron chi connectivity index (χ0n) is 10.2. The summed E-state index contributed by atoms with van der Waals surface area (Å²) in [5.74, 6) is 0. The molecule has 0 unspecified atom stereocenters. The number of rotatable bonds is 4. The Morgan fingerprint density at radius 2 is 1.88 bits per heavy atom. The Bertz CT molecular complexity index is 529. The molecule has 0 amide bonds. The van der Waals surface area contributed by atoms with E-state index in [-0.39, 0.29) is 4.90 Å². The van der Waals surface area contributed by atoms with Crippen molar-refractivity contribution in [2.45, 2.75) is 37.6 Å². The van der Waals surface area contributed by atoms with Crippen LogP contribution in [-0.2, 0) is 10.0 Å². The van der Waals surface area contributed by atoms with Crippen molar-refractivity contribution in [2.75, 3.05) is 0 Å². The number of nitriles is 1. The minimum atomic E-state index is -3.63. The van der Waals surface area contributed by atoms with Crippen LogP contribution in [0.3, 0.4) is 0 Å². The lowest BCUT2D eigenvalue weighted by atomic mass is 10.0. The summed E-state index contributed by atoms with van der Waals surface area (Å²) in [5, 5.41) is 8.96. The van der Waals surface area contributed by atoms with Gasteiger partial charge in [0, 0.05) is 0 Å². The van der Waals surface area contributed by atoms with Gasteiger partial charge in [-0.1, -0.05) is 24.6 Å². The van der Waals surface area contributed by atoms with Crippen LogP contribution in [-0.4, -0.2) is 14.0 Å². The van der Waals surface area contributed by atoms with Crippen molar-refractivity contribution in [3.63, 3.8) is 0 Å². The van der Waals surface area contributed by atoms with E-state index in [0.29, 0.717) is 6.42 Å². The third kappa shape index (κ3) is 3.29. The van der Waals surface area contributed by atoms with E-state index in [2.05, 4.69) is 4.72 Å². The van der Waals surface area contributed by atoms with Crippen molar-refractivity contribution in [1.82, 2.24) is 4.72 Å². The van der Waals surface area contributed by atoms with Gasteiger partial charge >= 0.3 is 0 Å². The lowest BCUT2D eigenvalue weighted by molar-refractivity contribution is 0.495. The van der Waals surface area contributed by atoms with Gasteiger partial charge in [0.2, 0.25) is 10.0 Å².